The third kappa shape index (κ3) is 1.72. The molecule has 5 heteroatoms. The zero-order valence-corrected chi connectivity index (χ0v) is 13.4. The maximum atomic E-state index is 12.3. The van der Waals surface area contributed by atoms with Gasteiger partial charge in [0.25, 0.3) is 0 Å². The average molecular weight is 323 g/mol. The largest absolute Gasteiger partial charge is 0.454 e. The summed E-state index contributed by atoms with van der Waals surface area (Å²) < 4.78 is 16.5. The van der Waals surface area contributed by atoms with Gasteiger partial charge in [0.2, 0.25) is 6.79 Å². The Balaban J connectivity index is 1.79. The normalized spacial score (nSPS) is 19.5. The van der Waals surface area contributed by atoms with E-state index in [1.54, 1.807) is 0 Å². The monoisotopic (exact) mass is 323 g/mol. The lowest BCUT2D eigenvalue weighted by Crippen LogP contribution is -2.42. The van der Waals surface area contributed by atoms with E-state index in [4.69, 9.17) is 14.2 Å². The molecule has 1 aliphatic carbocycles. The van der Waals surface area contributed by atoms with Crippen LogP contribution in [0.15, 0.2) is 30.3 Å². The number of hydrogen-bond acceptors (Lipinski definition) is 4. The van der Waals surface area contributed by atoms with Crippen molar-refractivity contribution in [2.75, 3.05) is 20.4 Å². The van der Waals surface area contributed by atoms with Gasteiger partial charge in [-0.25, -0.2) is 4.79 Å². The van der Waals surface area contributed by atoms with E-state index in [0.29, 0.717) is 6.54 Å². The number of carbonyl (C=O) groups is 1. The van der Waals surface area contributed by atoms with E-state index in [-0.39, 0.29) is 18.9 Å². The zero-order valence-electron chi connectivity index (χ0n) is 13.4. The van der Waals surface area contributed by atoms with E-state index in [9.17, 15) is 4.79 Å². The Hall–Kier alpha value is -2.69. The Labute approximate surface area is 139 Å². The summed E-state index contributed by atoms with van der Waals surface area (Å²) in [7, 11) is 1.44. The quantitative estimate of drug-likeness (QED) is 0.746. The third-order valence-electron chi connectivity index (χ3n) is 5.23. The lowest BCUT2D eigenvalue weighted by atomic mass is 9.76. The number of nitrogens with zero attached hydrogens (tertiary/aromatic N) is 1. The van der Waals surface area contributed by atoms with Crippen LogP contribution in [-0.2, 0) is 17.6 Å². The molecule has 3 aliphatic rings. The van der Waals surface area contributed by atoms with Gasteiger partial charge in [-0.3, -0.25) is 0 Å². The second-order valence-electron chi connectivity index (χ2n) is 6.35. The highest BCUT2D eigenvalue weighted by Crippen LogP contribution is 2.53. The van der Waals surface area contributed by atoms with Crippen molar-refractivity contribution in [1.29, 1.82) is 0 Å². The number of fused-ring (bicyclic) bond motifs is 4. The summed E-state index contributed by atoms with van der Waals surface area (Å²) in [5.41, 5.74) is 5.92. The van der Waals surface area contributed by atoms with Crippen LogP contribution in [0.5, 0.6) is 11.5 Å². The van der Waals surface area contributed by atoms with Crippen LogP contribution < -0.4 is 9.47 Å². The molecule has 0 spiro atoms. The Bertz CT molecular complexity index is 861. The molecule has 122 valence electrons. The number of methoxy groups -OCH3 is 1. The van der Waals surface area contributed by atoms with Crippen molar-refractivity contribution < 1.29 is 19.0 Å². The van der Waals surface area contributed by atoms with Crippen LogP contribution in [0.1, 0.15) is 22.7 Å². The number of carbonyl (C=O) groups excluding carboxylic acids is 1. The number of rotatable bonds is 0. The molecule has 0 saturated carbocycles. The molecule has 2 aromatic rings. The van der Waals surface area contributed by atoms with Gasteiger partial charge in [-0.15, -0.1) is 0 Å². The van der Waals surface area contributed by atoms with Gasteiger partial charge in [0.05, 0.1) is 13.2 Å². The first-order valence-electron chi connectivity index (χ1n) is 8.16. The first kappa shape index (κ1) is 13.7. The summed E-state index contributed by atoms with van der Waals surface area (Å²) in [4.78, 5) is 14.1. The number of hydrogen-bond donors (Lipinski definition) is 0. The summed E-state index contributed by atoms with van der Waals surface area (Å²) >= 11 is 0. The lowest BCUT2D eigenvalue weighted by molar-refractivity contribution is 0.100. The first-order chi connectivity index (χ1) is 11.8. The van der Waals surface area contributed by atoms with Crippen LogP contribution in [0.4, 0.5) is 4.79 Å². The minimum absolute atomic E-state index is 0.0133. The van der Waals surface area contributed by atoms with Gasteiger partial charge in [-0.05, 0) is 41.2 Å². The Kier molecular flexibility index (Phi) is 2.80. The Morgan fingerprint density at radius 2 is 2.12 bits per heavy atom. The Morgan fingerprint density at radius 1 is 1.25 bits per heavy atom. The number of ether oxygens (including phenoxy) is 3. The van der Waals surface area contributed by atoms with E-state index in [2.05, 4.69) is 18.2 Å². The van der Waals surface area contributed by atoms with E-state index < -0.39 is 0 Å². The molecule has 2 aliphatic heterocycles. The van der Waals surface area contributed by atoms with Crippen LogP contribution >= 0.6 is 0 Å². The third-order valence-corrected chi connectivity index (χ3v) is 5.23. The molecule has 1 unspecified atom stereocenters. The van der Waals surface area contributed by atoms with Gasteiger partial charge >= 0.3 is 6.09 Å². The molecule has 1 atom stereocenters. The predicted molar refractivity (Wildman–Crippen MR) is 87.3 cm³/mol. The molecule has 0 radical (unpaired) electrons. The van der Waals surface area contributed by atoms with Crippen molar-refractivity contribution in [3.63, 3.8) is 0 Å². The van der Waals surface area contributed by atoms with Crippen molar-refractivity contribution >= 4 is 6.09 Å². The summed E-state index contributed by atoms with van der Waals surface area (Å²) in [5.74, 6) is 1.61. The van der Waals surface area contributed by atoms with Crippen LogP contribution in [0, 0.1) is 0 Å². The highest BCUT2D eigenvalue weighted by atomic mass is 16.7. The molecule has 0 fully saturated rings. The molecule has 0 aromatic heterocycles. The fourth-order valence-electron chi connectivity index (χ4n) is 4.22. The van der Waals surface area contributed by atoms with Crippen molar-refractivity contribution in [2.45, 2.75) is 18.9 Å². The first-order valence-corrected chi connectivity index (χ1v) is 8.16. The molecular formula is C19H17NO4. The summed E-state index contributed by atoms with van der Waals surface area (Å²) in [6.45, 7) is 0.907. The highest BCUT2D eigenvalue weighted by Gasteiger charge is 2.40. The summed E-state index contributed by atoms with van der Waals surface area (Å²) in [6, 6.07) is 10.4. The highest BCUT2D eigenvalue weighted by molar-refractivity contribution is 5.85. The van der Waals surface area contributed by atoms with Gasteiger partial charge in [0, 0.05) is 12.1 Å². The second-order valence-corrected chi connectivity index (χ2v) is 6.35. The standard InChI is InChI=1S/C19H17NO4/c1-22-19(21)20-7-6-12-9-15-18(24-10-23-15)17-13-5-3-2-4-11(13)8-14(20)16(12)17/h2-5,9,14H,6-8,10H2,1H3. The van der Waals surface area contributed by atoms with Crippen LogP contribution in [0.3, 0.4) is 0 Å². The van der Waals surface area contributed by atoms with Crippen LogP contribution in [0.25, 0.3) is 11.1 Å². The molecule has 2 aromatic carbocycles. The zero-order chi connectivity index (χ0) is 16.3. The van der Waals surface area contributed by atoms with Gasteiger partial charge < -0.3 is 19.1 Å². The minimum atomic E-state index is -0.270. The van der Waals surface area contributed by atoms with E-state index in [1.165, 1.54) is 29.4 Å². The second kappa shape index (κ2) is 4.90. The molecule has 5 nitrogen and oxygen atoms in total. The molecule has 0 bridgehead atoms. The molecule has 1 amide bonds. The SMILES string of the molecule is COC(=O)N1CCc2cc3c(c4c2C1Cc1ccccc1-4)OCO3. The fourth-order valence-corrected chi connectivity index (χ4v) is 4.22. The molecule has 2 heterocycles. The number of benzene rings is 2. The van der Waals surface area contributed by atoms with Crippen molar-refractivity contribution in [3.8, 4) is 22.6 Å². The van der Waals surface area contributed by atoms with Gasteiger partial charge in [0.15, 0.2) is 11.5 Å². The predicted octanol–water partition coefficient (Wildman–Crippen LogP) is 3.30. The maximum absolute atomic E-state index is 12.3. The maximum Gasteiger partial charge on any atom is 0.410 e. The van der Waals surface area contributed by atoms with Gasteiger partial charge in [-0.1, -0.05) is 24.3 Å². The lowest BCUT2D eigenvalue weighted by Gasteiger charge is -2.41. The van der Waals surface area contributed by atoms with Crippen molar-refractivity contribution in [2.24, 2.45) is 0 Å². The molecule has 5 rings (SSSR count). The summed E-state index contributed by atoms with van der Waals surface area (Å²) in [6.07, 6.45) is 1.33. The molecule has 0 saturated heterocycles. The average Bonchev–Trinajstić information content (AvgIpc) is 3.09. The van der Waals surface area contributed by atoms with Gasteiger partial charge in [0.1, 0.15) is 0 Å². The summed E-state index contributed by atoms with van der Waals surface area (Å²) in [5, 5.41) is 0. The van der Waals surface area contributed by atoms with Crippen molar-refractivity contribution in [3.05, 3.63) is 47.0 Å². The molecule has 0 N–H and O–H groups in total. The number of amides is 1. The Morgan fingerprint density at radius 3 is 3.00 bits per heavy atom. The van der Waals surface area contributed by atoms with E-state index in [1.807, 2.05) is 17.0 Å². The molecule has 24 heavy (non-hydrogen) atoms. The van der Waals surface area contributed by atoms with Gasteiger partial charge in [-0.2, -0.15) is 0 Å². The van der Waals surface area contributed by atoms with Crippen LogP contribution in [-0.4, -0.2) is 31.4 Å². The van der Waals surface area contributed by atoms with E-state index >= 15 is 0 Å². The van der Waals surface area contributed by atoms with Crippen molar-refractivity contribution in [1.82, 2.24) is 4.90 Å². The minimum Gasteiger partial charge on any atom is -0.454 e. The van der Waals surface area contributed by atoms with E-state index in [0.717, 1.165) is 29.9 Å². The molecular weight excluding hydrogens is 306 g/mol. The smallest absolute Gasteiger partial charge is 0.410 e. The fraction of sp³-hybridized carbons (Fsp3) is 0.316. The topological polar surface area (TPSA) is 48.0 Å². The van der Waals surface area contributed by atoms with Crippen LogP contribution in [0.2, 0.25) is 0 Å².